The molecule has 0 spiro atoms. The van der Waals surface area contributed by atoms with Crippen molar-refractivity contribution in [3.8, 4) is 22.8 Å². The number of aryl methyl sites for hydroxylation is 1. The predicted octanol–water partition coefficient (Wildman–Crippen LogP) is 3.48. The van der Waals surface area contributed by atoms with Crippen molar-refractivity contribution in [1.29, 1.82) is 0 Å². The normalized spacial score (nSPS) is 11.0. The van der Waals surface area contributed by atoms with Crippen molar-refractivity contribution in [3.05, 3.63) is 70.6 Å². The van der Waals surface area contributed by atoms with Gasteiger partial charge in [-0.3, -0.25) is 4.79 Å². The van der Waals surface area contributed by atoms with E-state index < -0.39 is 0 Å². The van der Waals surface area contributed by atoms with Gasteiger partial charge in [0.2, 0.25) is 0 Å². The Bertz CT molecular complexity index is 1130. The lowest BCUT2D eigenvalue weighted by molar-refractivity contribution is 0.341. The van der Waals surface area contributed by atoms with Gasteiger partial charge in [0.1, 0.15) is 17.1 Å². The molecule has 0 amide bonds. The van der Waals surface area contributed by atoms with Crippen LogP contribution in [0.5, 0.6) is 5.75 Å². The molecule has 0 fully saturated rings. The molecule has 6 heteroatoms. The SMILES string of the molecule is CCOc1ccccc1-c1nc2c(C)nn(-c3ccccc3)c2c(=O)[nH]1. The van der Waals surface area contributed by atoms with Crippen molar-refractivity contribution in [1.82, 2.24) is 19.7 Å². The molecule has 0 aliphatic rings. The van der Waals surface area contributed by atoms with E-state index in [1.165, 1.54) is 0 Å². The van der Waals surface area contributed by atoms with Gasteiger partial charge in [-0.05, 0) is 38.1 Å². The van der Waals surface area contributed by atoms with Gasteiger partial charge in [0.15, 0.2) is 5.52 Å². The zero-order chi connectivity index (χ0) is 18.1. The van der Waals surface area contributed by atoms with E-state index >= 15 is 0 Å². The molecule has 4 rings (SSSR count). The van der Waals surface area contributed by atoms with Crippen LogP contribution in [-0.4, -0.2) is 26.4 Å². The van der Waals surface area contributed by atoms with Crippen molar-refractivity contribution < 1.29 is 4.74 Å². The van der Waals surface area contributed by atoms with Gasteiger partial charge in [0.05, 0.1) is 23.6 Å². The lowest BCUT2D eigenvalue weighted by Crippen LogP contribution is -2.13. The summed E-state index contributed by atoms with van der Waals surface area (Å²) in [4.78, 5) is 20.4. The van der Waals surface area contributed by atoms with Gasteiger partial charge < -0.3 is 9.72 Å². The number of fused-ring (bicyclic) bond motifs is 1. The lowest BCUT2D eigenvalue weighted by Gasteiger charge is -2.09. The molecule has 0 bridgehead atoms. The molecule has 1 N–H and O–H groups in total. The molecule has 4 aromatic rings. The van der Waals surface area contributed by atoms with E-state index in [0.717, 1.165) is 11.3 Å². The maximum atomic E-state index is 12.9. The first-order chi connectivity index (χ1) is 12.7. The van der Waals surface area contributed by atoms with Crippen LogP contribution in [0.1, 0.15) is 12.6 Å². The van der Waals surface area contributed by atoms with Crippen molar-refractivity contribution in [2.75, 3.05) is 6.61 Å². The average molecular weight is 346 g/mol. The molecule has 26 heavy (non-hydrogen) atoms. The second kappa shape index (κ2) is 6.48. The fraction of sp³-hybridized carbons (Fsp3) is 0.150. The molecule has 2 heterocycles. The van der Waals surface area contributed by atoms with Crippen LogP contribution in [0.15, 0.2) is 59.4 Å². The maximum Gasteiger partial charge on any atom is 0.277 e. The second-order valence-corrected chi connectivity index (χ2v) is 5.87. The van der Waals surface area contributed by atoms with Crippen molar-refractivity contribution in [3.63, 3.8) is 0 Å². The smallest absolute Gasteiger partial charge is 0.277 e. The minimum atomic E-state index is -0.235. The van der Waals surface area contributed by atoms with Crippen molar-refractivity contribution in [2.45, 2.75) is 13.8 Å². The summed E-state index contributed by atoms with van der Waals surface area (Å²) in [6.07, 6.45) is 0. The minimum Gasteiger partial charge on any atom is -0.493 e. The first kappa shape index (κ1) is 16.1. The Morgan fingerprint density at radius 2 is 1.81 bits per heavy atom. The molecule has 0 radical (unpaired) electrons. The zero-order valence-corrected chi connectivity index (χ0v) is 14.6. The van der Waals surface area contributed by atoms with E-state index in [-0.39, 0.29) is 5.56 Å². The topological polar surface area (TPSA) is 72.8 Å². The molecule has 2 aromatic carbocycles. The van der Waals surface area contributed by atoms with E-state index in [2.05, 4.69) is 15.1 Å². The van der Waals surface area contributed by atoms with Crippen LogP contribution >= 0.6 is 0 Å². The van der Waals surface area contributed by atoms with Gasteiger partial charge in [-0.2, -0.15) is 5.10 Å². The molecule has 0 saturated heterocycles. The first-order valence-electron chi connectivity index (χ1n) is 8.46. The number of hydrogen-bond acceptors (Lipinski definition) is 4. The van der Waals surface area contributed by atoms with Gasteiger partial charge in [0, 0.05) is 0 Å². The third-order valence-electron chi connectivity index (χ3n) is 4.14. The standard InChI is InChI=1S/C20H18N4O2/c1-3-26-16-12-8-7-11-15(16)19-21-17-13(2)23-24(18(17)20(25)22-19)14-9-5-4-6-10-14/h4-12H,3H2,1-2H3,(H,21,22,25). The van der Waals surface area contributed by atoms with Crippen LogP contribution in [0, 0.1) is 6.92 Å². The molecule has 0 aliphatic heterocycles. The molecule has 6 nitrogen and oxygen atoms in total. The van der Waals surface area contributed by atoms with Crippen LogP contribution < -0.4 is 10.3 Å². The summed E-state index contributed by atoms with van der Waals surface area (Å²) < 4.78 is 7.30. The molecule has 0 atom stereocenters. The fourth-order valence-electron chi connectivity index (χ4n) is 2.99. The summed E-state index contributed by atoms with van der Waals surface area (Å²) in [6.45, 7) is 4.31. The summed E-state index contributed by atoms with van der Waals surface area (Å²) in [5.74, 6) is 1.16. The summed E-state index contributed by atoms with van der Waals surface area (Å²) in [5, 5.41) is 4.52. The molecule has 0 aliphatic carbocycles. The third-order valence-corrected chi connectivity index (χ3v) is 4.14. The Morgan fingerprint density at radius 3 is 2.58 bits per heavy atom. The number of benzene rings is 2. The quantitative estimate of drug-likeness (QED) is 0.614. The number of rotatable bonds is 4. The number of nitrogens with zero attached hydrogens (tertiary/aromatic N) is 3. The maximum absolute atomic E-state index is 12.9. The van der Waals surface area contributed by atoms with Gasteiger partial charge in [-0.15, -0.1) is 0 Å². The molecule has 130 valence electrons. The summed E-state index contributed by atoms with van der Waals surface area (Å²) in [7, 11) is 0. The Kier molecular flexibility index (Phi) is 4.01. The van der Waals surface area contributed by atoms with Crippen LogP contribution in [-0.2, 0) is 0 Å². The molecule has 0 unspecified atom stereocenters. The molecule has 2 aromatic heterocycles. The van der Waals surface area contributed by atoms with E-state index in [1.807, 2.05) is 68.4 Å². The van der Waals surface area contributed by atoms with Crippen molar-refractivity contribution in [2.24, 2.45) is 0 Å². The van der Waals surface area contributed by atoms with E-state index in [0.29, 0.717) is 34.9 Å². The highest BCUT2D eigenvalue weighted by Gasteiger charge is 2.17. The number of hydrogen-bond donors (Lipinski definition) is 1. The van der Waals surface area contributed by atoms with Gasteiger partial charge in [-0.1, -0.05) is 30.3 Å². The fourth-order valence-corrected chi connectivity index (χ4v) is 2.99. The van der Waals surface area contributed by atoms with Gasteiger partial charge in [-0.25, -0.2) is 9.67 Å². The van der Waals surface area contributed by atoms with E-state index in [4.69, 9.17) is 4.74 Å². The summed E-state index contributed by atoms with van der Waals surface area (Å²) in [6, 6.07) is 17.1. The third kappa shape index (κ3) is 2.65. The number of ether oxygens (including phenoxy) is 1. The first-order valence-corrected chi connectivity index (χ1v) is 8.46. The largest absolute Gasteiger partial charge is 0.493 e. The van der Waals surface area contributed by atoms with E-state index in [1.54, 1.807) is 4.68 Å². The number of aromatic nitrogens is 4. The van der Waals surface area contributed by atoms with Crippen molar-refractivity contribution >= 4 is 11.0 Å². The second-order valence-electron chi connectivity index (χ2n) is 5.87. The molecular formula is C20H18N4O2. The lowest BCUT2D eigenvalue weighted by atomic mass is 10.2. The van der Waals surface area contributed by atoms with E-state index in [9.17, 15) is 4.79 Å². The van der Waals surface area contributed by atoms with Crippen LogP contribution in [0.2, 0.25) is 0 Å². The Morgan fingerprint density at radius 1 is 1.08 bits per heavy atom. The monoisotopic (exact) mass is 346 g/mol. The zero-order valence-electron chi connectivity index (χ0n) is 14.6. The molecular weight excluding hydrogens is 328 g/mol. The Hall–Kier alpha value is -3.41. The van der Waals surface area contributed by atoms with Crippen LogP contribution in [0.3, 0.4) is 0 Å². The van der Waals surface area contributed by atoms with Gasteiger partial charge >= 0.3 is 0 Å². The number of nitrogens with one attached hydrogen (secondary N) is 1. The number of para-hydroxylation sites is 2. The molecule has 0 saturated carbocycles. The highest BCUT2D eigenvalue weighted by Crippen LogP contribution is 2.28. The number of H-pyrrole nitrogens is 1. The Balaban J connectivity index is 1.95. The highest BCUT2D eigenvalue weighted by atomic mass is 16.5. The minimum absolute atomic E-state index is 0.235. The van der Waals surface area contributed by atoms with Crippen LogP contribution in [0.25, 0.3) is 28.1 Å². The van der Waals surface area contributed by atoms with Gasteiger partial charge in [0.25, 0.3) is 5.56 Å². The highest BCUT2D eigenvalue weighted by molar-refractivity contribution is 5.81. The summed E-state index contributed by atoms with van der Waals surface area (Å²) >= 11 is 0. The Labute approximate surface area is 150 Å². The van der Waals surface area contributed by atoms with Crippen LogP contribution in [0.4, 0.5) is 0 Å². The number of aromatic amines is 1. The average Bonchev–Trinajstić information content (AvgIpc) is 3.00. The predicted molar refractivity (Wildman–Crippen MR) is 101 cm³/mol. The summed E-state index contributed by atoms with van der Waals surface area (Å²) in [5.41, 5.74) is 3.05.